The summed E-state index contributed by atoms with van der Waals surface area (Å²) in [6.45, 7) is 7.52. The van der Waals surface area contributed by atoms with E-state index in [-0.39, 0.29) is 6.10 Å². The zero-order chi connectivity index (χ0) is 13.8. The van der Waals surface area contributed by atoms with Crippen molar-refractivity contribution in [3.05, 3.63) is 15.6 Å². The topological polar surface area (TPSA) is 34.1 Å². The Morgan fingerprint density at radius 3 is 2.68 bits per heavy atom. The molecule has 0 aliphatic heterocycles. The molecule has 19 heavy (non-hydrogen) atoms. The minimum Gasteiger partial charge on any atom is -0.374 e. The standard InChI is InChI=1S/C15H26N2OS/c1-5-6-12(18-4)15-17-14(11-7-8-11)13(19-15)9-16-10(2)3/h10-12,16H,5-9H2,1-4H3. The third kappa shape index (κ3) is 4.01. The van der Waals surface area contributed by atoms with Gasteiger partial charge in [0.05, 0.1) is 5.69 Å². The molecule has 108 valence electrons. The molecule has 1 aromatic rings. The van der Waals surface area contributed by atoms with Crippen LogP contribution >= 0.6 is 11.3 Å². The maximum absolute atomic E-state index is 5.60. The van der Waals surface area contributed by atoms with Gasteiger partial charge in [-0.25, -0.2) is 4.98 Å². The molecule has 0 bridgehead atoms. The number of nitrogens with zero attached hydrogens (tertiary/aromatic N) is 1. The molecule has 1 N–H and O–H groups in total. The molecule has 1 heterocycles. The molecule has 1 aliphatic carbocycles. The van der Waals surface area contributed by atoms with E-state index in [9.17, 15) is 0 Å². The monoisotopic (exact) mass is 282 g/mol. The molecule has 1 atom stereocenters. The number of thiazole rings is 1. The van der Waals surface area contributed by atoms with Gasteiger partial charge in [-0.2, -0.15) is 0 Å². The van der Waals surface area contributed by atoms with Crippen molar-refractivity contribution < 1.29 is 4.74 Å². The van der Waals surface area contributed by atoms with Crippen LogP contribution in [0.1, 0.15) is 74.1 Å². The fourth-order valence-electron chi connectivity index (χ4n) is 2.22. The first-order valence-corrected chi connectivity index (χ1v) is 8.23. The molecule has 3 nitrogen and oxygen atoms in total. The van der Waals surface area contributed by atoms with Gasteiger partial charge in [-0.3, -0.25) is 0 Å². The SMILES string of the molecule is CCCC(OC)c1nc(C2CC2)c(CNC(C)C)s1. The molecule has 0 aromatic carbocycles. The summed E-state index contributed by atoms with van der Waals surface area (Å²) in [6, 6.07) is 0.520. The van der Waals surface area contributed by atoms with E-state index in [0.717, 1.165) is 19.4 Å². The predicted octanol–water partition coefficient (Wildman–Crippen LogP) is 4.01. The number of aromatic nitrogens is 1. The molecular weight excluding hydrogens is 256 g/mol. The number of ether oxygens (including phenoxy) is 1. The average molecular weight is 282 g/mol. The van der Waals surface area contributed by atoms with Crippen molar-refractivity contribution in [3.63, 3.8) is 0 Å². The second kappa shape index (κ2) is 6.82. The molecule has 1 fully saturated rings. The van der Waals surface area contributed by atoms with Gasteiger partial charge in [-0.15, -0.1) is 11.3 Å². The van der Waals surface area contributed by atoms with Crippen LogP contribution in [0.15, 0.2) is 0 Å². The summed E-state index contributed by atoms with van der Waals surface area (Å²) in [5, 5.41) is 4.69. The van der Waals surface area contributed by atoms with E-state index >= 15 is 0 Å². The fourth-order valence-corrected chi connectivity index (χ4v) is 3.44. The highest BCUT2D eigenvalue weighted by molar-refractivity contribution is 7.11. The fraction of sp³-hybridized carbons (Fsp3) is 0.800. The van der Waals surface area contributed by atoms with Crippen LogP contribution in [0.4, 0.5) is 0 Å². The van der Waals surface area contributed by atoms with Gasteiger partial charge in [0.15, 0.2) is 0 Å². The Kier molecular flexibility index (Phi) is 5.37. The lowest BCUT2D eigenvalue weighted by Crippen LogP contribution is -2.21. The second-order valence-corrected chi connectivity index (χ2v) is 6.80. The van der Waals surface area contributed by atoms with Crippen LogP contribution in [0.25, 0.3) is 0 Å². The van der Waals surface area contributed by atoms with Crippen molar-refractivity contribution >= 4 is 11.3 Å². The third-order valence-corrected chi connectivity index (χ3v) is 4.65. The minimum absolute atomic E-state index is 0.181. The van der Waals surface area contributed by atoms with Crippen LogP contribution < -0.4 is 5.32 Å². The zero-order valence-electron chi connectivity index (χ0n) is 12.5. The number of hydrogen-bond acceptors (Lipinski definition) is 4. The molecule has 1 saturated carbocycles. The molecule has 0 radical (unpaired) electrons. The Morgan fingerprint density at radius 1 is 1.42 bits per heavy atom. The van der Waals surface area contributed by atoms with E-state index in [1.54, 1.807) is 7.11 Å². The van der Waals surface area contributed by atoms with Gasteiger partial charge in [-0.1, -0.05) is 27.2 Å². The van der Waals surface area contributed by atoms with E-state index in [4.69, 9.17) is 9.72 Å². The summed E-state index contributed by atoms with van der Waals surface area (Å²) in [4.78, 5) is 6.31. The zero-order valence-corrected chi connectivity index (χ0v) is 13.3. The van der Waals surface area contributed by atoms with Crippen molar-refractivity contribution in [3.8, 4) is 0 Å². The van der Waals surface area contributed by atoms with E-state index in [1.165, 1.54) is 28.4 Å². The second-order valence-electron chi connectivity index (χ2n) is 5.68. The normalized spacial score (nSPS) is 17.1. The lowest BCUT2D eigenvalue weighted by atomic mass is 10.2. The van der Waals surface area contributed by atoms with Gasteiger partial charge < -0.3 is 10.1 Å². The van der Waals surface area contributed by atoms with Gasteiger partial charge in [-0.05, 0) is 19.3 Å². The summed E-state index contributed by atoms with van der Waals surface area (Å²) < 4.78 is 5.60. The number of methoxy groups -OCH3 is 1. The van der Waals surface area contributed by atoms with Crippen molar-refractivity contribution in [1.82, 2.24) is 10.3 Å². The molecule has 4 heteroatoms. The molecular formula is C15H26N2OS. The van der Waals surface area contributed by atoms with Gasteiger partial charge in [0.2, 0.25) is 0 Å². The summed E-state index contributed by atoms with van der Waals surface area (Å²) in [7, 11) is 1.80. The highest BCUT2D eigenvalue weighted by Crippen LogP contribution is 2.44. The number of nitrogens with one attached hydrogen (secondary N) is 1. The molecule has 1 unspecified atom stereocenters. The van der Waals surface area contributed by atoms with Gasteiger partial charge in [0.25, 0.3) is 0 Å². The lowest BCUT2D eigenvalue weighted by Gasteiger charge is -2.10. The Labute approximate surface area is 120 Å². The van der Waals surface area contributed by atoms with E-state index in [0.29, 0.717) is 12.0 Å². The maximum atomic E-state index is 5.60. The molecule has 1 aromatic heterocycles. The molecule has 0 amide bonds. The third-order valence-electron chi connectivity index (χ3n) is 3.49. The van der Waals surface area contributed by atoms with Crippen LogP contribution in [-0.4, -0.2) is 18.1 Å². The molecule has 1 aliphatic rings. The van der Waals surface area contributed by atoms with E-state index in [2.05, 4.69) is 26.1 Å². The van der Waals surface area contributed by atoms with Crippen LogP contribution in [0.5, 0.6) is 0 Å². The van der Waals surface area contributed by atoms with Crippen molar-refractivity contribution in [2.24, 2.45) is 0 Å². The van der Waals surface area contributed by atoms with Crippen LogP contribution in [0.3, 0.4) is 0 Å². The quantitative estimate of drug-likeness (QED) is 0.782. The largest absolute Gasteiger partial charge is 0.374 e. The summed E-state index contributed by atoms with van der Waals surface area (Å²) in [5.41, 5.74) is 1.34. The number of rotatable bonds is 8. The smallest absolute Gasteiger partial charge is 0.122 e. The number of hydrogen-bond donors (Lipinski definition) is 1. The van der Waals surface area contributed by atoms with Crippen LogP contribution in [-0.2, 0) is 11.3 Å². The van der Waals surface area contributed by atoms with E-state index in [1.807, 2.05) is 11.3 Å². The first kappa shape index (κ1) is 14.9. The highest BCUT2D eigenvalue weighted by Gasteiger charge is 2.30. The minimum atomic E-state index is 0.181. The predicted molar refractivity (Wildman–Crippen MR) is 80.7 cm³/mol. The summed E-state index contributed by atoms with van der Waals surface area (Å²) >= 11 is 1.84. The first-order valence-electron chi connectivity index (χ1n) is 7.41. The lowest BCUT2D eigenvalue weighted by molar-refractivity contribution is 0.0946. The first-order chi connectivity index (χ1) is 9.15. The van der Waals surface area contributed by atoms with Crippen LogP contribution in [0, 0.1) is 0 Å². The summed E-state index contributed by atoms with van der Waals surface area (Å²) in [6.07, 6.45) is 4.99. The Morgan fingerprint density at radius 2 is 2.16 bits per heavy atom. The highest BCUT2D eigenvalue weighted by atomic mass is 32.1. The average Bonchev–Trinajstić information content (AvgIpc) is 3.14. The van der Waals surface area contributed by atoms with Gasteiger partial charge in [0.1, 0.15) is 11.1 Å². The summed E-state index contributed by atoms with van der Waals surface area (Å²) in [5.74, 6) is 0.716. The Balaban J connectivity index is 2.14. The molecule has 2 rings (SSSR count). The van der Waals surface area contributed by atoms with Gasteiger partial charge in [0, 0.05) is 30.5 Å². The maximum Gasteiger partial charge on any atom is 0.122 e. The van der Waals surface area contributed by atoms with Crippen molar-refractivity contribution in [2.45, 2.75) is 71.1 Å². The Bertz CT molecular complexity index is 399. The van der Waals surface area contributed by atoms with E-state index < -0.39 is 0 Å². The van der Waals surface area contributed by atoms with Crippen molar-refractivity contribution in [1.29, 1.82) is 0 Å². The Hall–Kier alpha value is -0.450. The molecule has 0 spiro atoms. The molecule has 0 saturated heterocycles. The van der Waals surface area contributed by atoms with Crippen LogP contribution in [0.2, 0.25) is 0 Å². The van der Waals surface area contributed by atoms with Crippen molar-refractivity contribution in [2.75, 3.05) is 7.11 Å². The van der Waals surface area contributed by atoms with Gasteiger partial charge >= 0.3 is 0 Å².